The Morgan fingerprint density at radius 1 is 0.727 bits per heavy atom. The second-order valence-electron chi connectivity index (χ2n) is 8.90. The SMILES string of the molecule is C=C(C)C.C=C(C)c1cc(C)ccc1C.CC.CCC.CCC(C)C.Cc1ccccc1C. The van der Waals surface area contributed by atoms with Gasteiger partial charge in [-0.3, -0.25) is 0 Å². The number of rotatable bonds is 2. The zero-order chi connectivity index (χ0) is 27.0. The van der Waals surface area contributed by atoms with Gasteiger partial charge >= 0.3 is 0 Å². The van der Waals surface area contributed by atoms with Crippen LogP contribution in [0.2, 0.25) is 0 Å². The van der Waals surface area contributed by atoms with Gasteiger partial charge in [-0.2, -0.15) is 0 Å². The second-order valence-corrected chi connectivity index (χ2v) is 8.90. The van der Waals surface area contributed by atoms with Crippen molar-refractivity contribution in [1.29, 1.82) is 0 Å². The molecule has 0 radical (unpaired) electrons. The number of hydrogen-bond acceptors (Lipinski definition) is 0. The number of benzene rings is 2. The lowest BCUT2D eigenvalue weighted by Crippen LogP contribution is -1.85. The summed E-state index contributed by atoms with van der Waals surface area (Å²) < 4.78 is 0. The lowest BCUT2D eigenvalue weighted by molar-refractivity contribution is 0.626. The van der Waals surface area contributed by atoms with Crippen LogP contribution in [0.25, 0.3) is 5.57 Å². The summed E-state index contributed by atoms with van der Waals surface area (Å²) >= 11 is 0. The van der Waals surface area contributed by atoms with Crippen LogP contribution in [0.4, 0.5) is 0 Å². The van der Waals surface area contributed by atoms with Crippen LogP contribution in [-0.2, 0) is 0 Å². The van der Waals surface area contributed by atoms with Crippen molar-refractivity contribution in [2.45, 2.75) is 110 Å². The molecule has 0 aliphatic carbocycles. The van der Waals surface area contributed by atoms with Gasteiger partial charge < -0.3 is 0 Å². The molecule has 2 aromatic rings. The Morgan fingerprint density at radius 3 is 1.27 bits per heavy atom. The van der Waals surface area contributed by atoms with Crippen LogP contribution in [0.3, 0.4) is 0 Å². The molecule has 0 aromatic heterocycles. The van der Waals surface area contributed by atoms with E-state index >= 15 is 0 Å². The first-order valence-electron chi connectivity index (χ1n) is 12.7. The Bertz CT molecular complexity index is 692. The third-order valence-corrected chi connectivity index (χ3v) is 4.09. The maximum absolute atomic E-state index is 3.93. The number of hydrogen-bond donors (Lipinski definition) is 0. The first-order chi connectivity index (χ1) is 15.3. The Morgan fingerprint density at radius 2 is 1.06 bits per heavy atom. The van der Waals surface area contributed by atoms with Crippen LogP contribution in [0.5, 0.6) is 0 Å². The minimum atomic E-state index is 0.884. The molecular formula is C33H58. The summed E-state index contributed by atoms with van der Waals surface area (Å²) in [6, 6.07) is 14.8. The fourth-order valence-electron chi connectivity index (χ4n) is 1.86. The molecule has 0 fully saturated rings. The first kappa shape index (κ1) is 38.2. The normalized spacial score (nSPS) is 8.45. The van der Waals surface area contributed by atoms with Gasteiger partial charge in [-0.25, -0.2) is 0 Å². The zero-order valence-corrected chi connectivity index (χ0v) is 24.9. The standard InChI is InChI=1S/C11H14.C8H10.C5H12.C4H8.C3H8.C2H6/c1-8(2)11-7-9(3)5-6-10(11)4;1-7-5-3-4-6-8(7)2;1-4-5(2)3;1-4(2)3;1-3-2;1-2/h5-7H,1H2,2-4H3;3-6H,1-2H3;5H,4H2,1-3H3;1H2,2-3H3;3H2,1-2H3;1-2H3. The van der Waals surface area contributed by atoms with E-state index in [4.69, 9.17) is 0 Å². The fraction of sp³-hybridized carbons (Fsp3) is 0.515. The number of allylic oxidation sites excluding steroid dienone is 2. The van der Waals surface area contributed by atoms with Gasteiger partial charge in [0.1, 0.15) is 0 Å². The molecule has 0 spiro atoms. The smallest absolute Gasteiger partial charge is 0.0201 e. The minimum Gasteiger partial charge on any atom is -0.100 e. The Balaban J connectivity index is -0.000000169. The molecule has 0 atom stereocenters. The van der Waals surface area contributed by atoms with Gasteiger partial charge in [0.25, 0.3) is 0 Å². The van der Waals surface area contributed by atoms with E-state index in [0.717, 1.165) is 11.5 Å². The lowest BCUT2D eigenvalue weighted by atomic mass is 10.0. The highest BCUT2D eigenvalue weighted by molar-refractivity contribution is 5.64. The summed E-state index contributed by atoms with van der Waals surface area (Å²) in [5, 5.41) is 0. The van der Waals surface area contributed by atoms with E-state index in [-0.39, 0.29) is 0 Å². The average molecular weight is 455 g/mol. The summed E-state index contributed by atoms with van der Waals surface area (Å²) in [5.41, 5.74) is 8.94. The highest BCUT2D eigenvalue weighted by atomic mass is 14.0. The Kier molecular flexibility index (Phi) is 30.3. The van der Waals surface area contributed by atoms with E-state index in [1.807, 2.05) is 34.6 Å². The Labute approximate surface area is 210 Å². The molecule has 2 aromatic carbocycles. The predicted molar refractivity (Wildman–Crippen MR) is 159 cm³/mol. The molecule has 0 unspecified atom stereocenters. The molecule has 190 valence electrons. The van der Waals surface area contributed by atoms with Crippen molar-refractivity contribution in [2.75, 3.05) is 0 Å². The molecule has 0 aliphatic rings. The summed E-state index contributed by atoms with van der Waals surface area (Å²) in [4.78, 5) is 0. The van der Waals surface area contributed by atoms with Crippen LogP contribution in [-0.4, -0.2) is 0 Å². The van der Waals surface area contributed by atoms with Crippen LogP contribution in [0, 0.1) is 33.6 Å². The quantitative estimate of drug-likeness (QED) is 0.396. The lowest BCUT2D eigenvalue weighted by Gasteiger charge is -2.05. The van der Waals surface area contributed by atoms with Crippen molar-refractivity contribution < 1.29 is 0 Å². The first-order valence-corrected chi connectivity index (χ1v) is 12.7. The molecule has 0 nitrogen and oxygen atoms in total. The van der Waals surface area contributed by atoms with Crippen molar-refractivity contribution in [3.8, 4) is 0 Å². The molecule has 0 aliphatic heterocycles. The van der Waals surface area contributed by atoms with Gasteiger partial charge in [0.05, 0.1) is 0 Å². The van der Waals surface area contributed by atoms with Gasteiger partial charge in [0.2, 0.25) is 0 Å². The van der Waals surface area contributed by atoms with E-state index < -0.39 is 0 Å². The average Bonchev–Trinajstić information content (AvgIpc) is 2.74. The largest absolute Gasteiger partial charge is 0.100 e. The van der Waals surface area contributed by atoms with E-state index in [2.05, 4.69) is 118 Å². The molecule has 0 heterocycles. The third-order valence-electron chi connectivity index (χ3n) is 4.09. The molecule has 0 heteroatoms. The van der Waals surface area contributed by atoms with Crippen molar-refractivity contribution in [2.24, 2.45) is 5.92 Å². The molecule has 2 rings (SSSR count). The molecule has 0 saturated carbocycles. The van der Waals surface area contributed by atoms with Gasteiger partial charge in [0.15, 0.2) is 0 Å². The fourth-order valence-corrected chi connectivity index (χ4v) is 1.86. The summed E-state index contributed by atoms with van der Waals surface area (Å²) in [7, 11) is 0. The van der Waals surface area contributed by atoms with Crippen molar-refractivity contribution in [3.05, 3.63) is 89.0 Å². The van der Waals surface area contributed by atoms with Crippen LogP contribution >= 0.6 is 0 Å². The van der Waals surface area contributed by atoms with E-state index in [1.165, 1.54) is 46.2 Å². The highest BCUT2D eigenvalue weighted by Crippen LogP contribution is 2.17. The van der Waals surface area contributed by atoms with Gasteiger partial charge in [0, 0.05) is 0 Å². The number of aryl methyl sites for hydroxylation is 4. The van der Waals surface area contributed by atoms with E-state index in [0.29, 0.717) is 0 Å². The van der Waals surface area contributed by atoms with E-state index in [1.54, 1.807) is 0 Å². The topological polar surface area (TPSA) is 0 Å². The van der Waals surface area contributed by atoms with Crippen molar-refractivity contribution >= 4 is 5.57 Å². The Hall–Kier alpha value is -2.08. The monoisotopic (exact) mass is 454 g/mol. The highest BCUT2D eigenvalue weighted by Gasteiger charge is 1.97. The van der Waals surface area contributed by atoms with Crippen LogP contribution in [0.15, 0.2) is 61.2 Å². The summed E-state index contributed by atoms with van der Waals surface area (Å²) in [6.07, 6.45) is 2.56. The molecule has 0 amide bonds. The van der Waals surface area contributed by atoms with Crippen LogP contribution in [0.1, 0.15) is 110 Å². The summed E-state index contributed by atoms with van der Waals surface area (Å²) in [5.74, 6) is 0.884. The molecular weight excluding hydrogens is 396 g/mol. The minimum absolute atomic E-state index is 0.884. The van der Waals surface area contributed by atoms with Crippen molar-refractivity contribution in [3.63, 3.8) is 0 Å². The maximum Gasteiger partial charge on any atom is -0.0201 e. The molecule has 33 heavy (non-hydrogen) atoms. The van der Waals surface area contributed by atoms with Gasteiger partial charge in [-0.05, 0) is 76.6 Å². The van der Waals surface area contributed by atoms with Gasteiger partial charge in [-0.15, -0.1) is 6.58 Å². The van der Waals surface area contributed by atoms with E-state index in [9.17, 15) is 0 Å². The third kappa shape index (κ3) is 29.9. The van der Waals surface area contributed by atoms with Crippen LogP contribution < -0.4 is 0 Å². The second kappa shape index (κ2) is 26.2. The predicted octanol–water partition coefficient (Wildman–Crippen LogP) is 11.7. The molecule has 0 saturated heterocycles. The maximum atomic E-state index is 3.93. The van der Waals surface area contributed by atoms with Gasteiger partial charge in [-0.1, -0.05) is 127 Å². The molecule has 0 N–H and O–H groups in total. The zero-order valence-electron chi connectivity index (χ0n) is 24.9. The molecule has 0 bridgehead atoms. The van der Waals surface area contributed by atoms with Crippen molar-refractivity contribution in [1.82, 2.24) is 0 Å². The summed E-state index contributed by atoms with van der Waals surface area (Å²) in [6.45, 7) is 36.8.